The first kappa shape index (κ1) is 16.4. The van der Waals surface area contributed by atoms with Crippen LogP contribution in [0.25, 0.3) is 0 Å². The smallest absolute Gasteiger partial charge is 0.226 e. The molecule has 0 radical (unpaired) electrons. The molecule has 3 rings (SSSR count). The van der Waals surface area contributed by atoms with Crippen molar-refractivity contribution in [3.63, 3.8) is 0 Å². The van der Waals surface area contributed by atoms with Crippen LogP contribution in [-0.2, 0) is 16.0 Å². The van der Waals surface area contributed by atoms with E-state index in [0.717, 1.165) is 45.8 Å². The Morgan fingerprint density at radius 1 is 1.30 bits per heavy atom. The van der Waals surface area contributed by atoms with Crippen molar-refractivity contribution in [2.45, 2.75) is 39.2 Å². The molecule has 1 aromatic rings. The van der Waals surface area contributed by atoms with E-state index in [4.69, 9.17) is 9.26 Å². The summed E-state index contributed by atoms with van der Waals surface area (Å²) in [5.41, 5.74) is 0. The van der Waals surface area contributed by atoms with Crippen LogP contribution in [0.2, 0.25) is 0 Å². The molecule has 0 aliphatic carbocycles. The maximum Gasteiger partial charge on any atom is 0.226 e. The zero-order valence-corrected chi connectivity index (χ0v) is 14.0. The molecule has 2 atom stereocenters. The number of hydrogen-bond donors (Lipinski definition) is 0. The molecule has 2 saturated heterocycles. The van der Waals surface area contributed by atoms with Crippen molar-refractivity contribution in [2.75, 3.05) is 39.4 Å². The summed E-state index contributed by atoms with van der Waals surface area (Å²) in [5, 5.41) is 3.77. The molecule has 128 valence electrons. The molecule has 2 aliphatic rings. The summed E-state index contributed by atoms with van der Waals surface area (Å²) < 4.78 is 10.5. The molecule has 0 bridgehead atoms. The molecule has 1 aromatic heterocycles. The van der Waals surface area contributed by atoms with Gasteiger partial charge in [-0.05, 0) is 19.3 Å². The quantitative estimate of drug-likeness (QED) is 0.801. The first-order valence-electron chi connectivity index (χ1n) is 8.52. The number of hydrogen-bond acceptors (Lipinski definition) is 6. The molecular formula is C16H26N4O3. The average molecular weight is 322 g/mol. The molecule has 0 spiro atoms. The van der Waals surface area contributed by atoms with Crippen molar-refractivity contribution in [3.8, 4) is 0 Å². The standard InChI is InChI=1S/C16H26N4O3/c1-12-10-20(11-14(12)19-6-8-22-9-7-19)16(21)5-3-4-15-17-13(2)18-23-15/h12,14H,3-11H2,1-2H3/t12-,14-/m0/s1. The number of aromatic nitrogens is 2. The molecule has 7 nitrogen and oxygen atoms in total. The fraction of sp³-hybridized carbons (Fsp3) is 0.812. The summed E-state index contributed by atoms with van der Waals surface area (Å²) in [7, 11) is 0. The molecule has 0 unspecified atom stereocenters. The maximum absolute atomic E-state index is 12.4. The number of carbonyl (C=O) groups is 1. The summed E-state index contributed by atoms with van der Waals surface area (Å²) in [6, 6.07) is 0.474. The number of likely N-dealkylation sites (tertiary alicyclic amines) is 1. The number of rotatable bonds is 5. The normalized spacial score (nSPS) is 25.9. The number of amides is 1. The van der Waals surface area contributed by atoms with Gasteiger partial charge in [-0.25, -0.2) is 0 Å². The van der Waals surface area contributed by atoms with E-state index in [2.05, 4.69) is 22.0 Å². The second-order valence-electron chi connectivity index (χ2n) is 6.58. The minimum atomic E-state index is 0.240. The van der Waals surface area contributed by atoms with Crippen molar-refractivity contribution < 1.29 is 14.1 Å². The fourth-order valence-electron chi connectivity index (χ4n) is 3.53. The van der Waals surface area contributed by atoms with Crippen molar-refractivity contribution >= 4 is 5.91 Å². The number of nitrogens with zero attached hydrogens (tertiary/aromatic N) is 4. The average Bonchev–Trinajstić information content (AvgIpc) is 3.14. The molecule has 0 saturated carbocycles. The van der Waals surface area contributed by atoms with E-state index in [9.17, 15) is 4.79 Å². The van der Waals surface area contributed by atoms with Gasteiger partial charge in [-0.3, -0.25) is 9.69 Å². The second-order valence-corrected chi connectivity index (χ2v) is 6.58. The van der Waals surface area contributed by atoms with Crippen LogP contribution in [0, 0.1) is 12.8 Å². The number of aryl methyl sites for hydroxylation is 2. The largest absolute Gasteiger partial charge is 0.379 e. The predicted molar refractivity (Wildman–Crippen MR) is 83.9 cm³/mol. The van der Waals surface area contributed by atoms with Crippen LogP contribution in [0.1, 0.15) is 31.5 Å². The van der Waals surface area contributed by atoms with Gasteiger partial charge in [0.15, 0.2) is 5.82 Å². The Hall–Kier alpha value is -1.47. The van der Waals surface area contributed by atoms with Crippen LogP contribution in [0.15, 0.2) is 4.52 Å². The summed E-state index contributed by atoms with van der Waals surface area (Å²) in [6.45, 7) is 9.33. The summed E-state index contributed by atoms with van der Waals surface area (Å²) in [6.07, 6.45) is 1.97. The first-order chi connectivity index (χ1) is 11.1. The third-order valence-electron chi connectivity index (χ3n) is 4.79. The highest BCUT2D eigenvalue weighted by atomic mass is 16.5. The van der Waals surface area contributed by atoms with Gasteiger partial charge in [0, 0.05) is 45.1 Å². The molecule has 1 amide bonds. The van der Waals surface area contributed by atoms with Crippen molar-refractivity contribution in [1.82, 2.24) is 19.9 Å². The van der Waals surface area contributed by atoms with Crippen LogP contribution in [0.3, 0.4) is 0 Å². The highest BCUT2D eigenvalue weighted by Crippen LogP contribution is 2.23. The fourth-order valence-corrected chi connectivity index (χ4v) is 3.53. The van der Waals surface area contributed by atoms with Gasteiger partial charge in [-0.2, -0.15) is 4.98 Å². The summed E-state index contributed by atoms with van der Waals surface area (Å²) >= 11 is 0. The zero-order valence-electron chi connectivity index (χ0n) is 14.0. The highest BCUT2D eigenvalue weighted by molar-refractivity contribution is 5.76. The Morgan fingerprint density at radius 2 is 2.09 bits per heavy atom. The van der Waals surface area contributed by atoms with Gasteiger partial charge >= 0.3 is 0 Å². The molecule has 2 aliphatic heterocycles. The topological polar surface area (TPSA) is 71.7 Å². The molecular weight excluding hydrogens is 296 g/mol. The van der Waals surface area contributed by atoms with Crippen molar-refractivity contribution in [2.24, 2.45) is 5.92 Å². The zero-order chi connectivity index (χ0) is 16.2. The summed E-state index contributed by atoms with van der Waals surface area (Å²) in [4.78, 5) is 21.1. The van der Waals surface area contributed by atoms with Gasteiger partial charge in [-0.15, -0.1) is 0 Å². The molecule has 7 heteroatoms. The van der Waals surface area contributed by atoms with Gasteiger partial charge in [0.05, 0.1) is 13.2 Å². The van der Waals surface area contributed by atoms with E-state index in [1.54, 1.807) is 6.92 Å². The molecule has 0 aromatic carbocycles. The minimum Gasteiger partial charge on any atom is -0.379 e. The van der Waals surface area contributed by atoms with Gasteiger partial charge < -0.3 is 14.2 Å². The maximum atomic E-state index is 12.4. The first-order valence-corrected chi connectivity index (χ1v) is 8.52. The number of morpholine rings is 1. The second kappa shape index (κ2) is 7.40. The van der Waals surface area contributed by atoms with Crippen LogP contribution in [0.5, 0.6) is 0 Å². The Kier molecular flexibility index (Phi) is 5.27. The van der Waals surface area contributed by atoms with E-state index in [1.165, 1.54) is 0 Å². The minimum absolute atomic E-state index is 0.240. The number of ether oxygens (including phenoxy) is 1. The van der Waals surface area contributed by atoms with Gasteiger partial charge in [0.2, 0.25) is 11.8 Å². The van der Waals surface area contributed by atoms with Gasteiger partial charge in [0.25, 0.3) is 0 Å². The van der Waals surface area contributed by atoms with E-state index < -0.39 is 0 Å². The lowest BCUT2D eigenvalue weighted by atomic mass is 10.0. The van der Waals surface area contributed by atoms with Gasteiger partial charge in [-0.1, -0.05) is 12.1 Å². The number of carbonyl (C=O) groups excluding carboxylic acids is 1. The molecule has 2 fully saturated rings. The lowest BCUT2D eigenvalue weighted by Crippen LogP contribution is -2.47. The Bertz CT molecular complexity index is 527. The molecule has 0 N–H and O–H groups in total. The van der Waals surface area contributed by atoms with Gasteiger partial charge in [0.1, 0.15) is 0 Å². The third-order valence-corrected chi connectivity index (χ3v) is 4.79. The summed E-state index contributed by atoms with van der Waals surface area (Å²) in [5.74, 6) is 2.03. The third kappa shape index (κ3) is 4.09. The highest BCUT2D eigenvalue weighted by Gasteiger charge is 2.36. The van der Waals surface area contributed by atoms with Crippen LogP contribution in [0.4, 0.5) is 0 Å². The Morgan fingerprint density at radius 3 is 2.78 bits per heavy atom. The lowest BCUT2D eigenvalue weighted by Gasteiger charge is -2.34. The van der Waals surface area contributed by atoms with E-state index in [1.807, 2.05) is 4.90 Å². The van der Waals surface area contributed by atoms with Crippen LogP contribution < -0.4 is 0 Å². The Balaban J connectivity index is 1.44. The van der Waals surface area contributed by atoms with E-state index in [0.29, 0.717) is 36.5 Å². The molecule has 23 heavy (non-hydrogen) atoms. The van der Waals surface area contributed by atoms with E-state index >= 15 is 0 Å². The lowest BCUT2D eigenvalue weighted by molar-refractivity contribution is -0.130. The monoisotopic (exact) mass is 322 g/mol. The van der Waals surface area contributed by atoms with Crippen molar-refractivity contribution in [1.29, 1.82) is 0 Å². The SMILES string of the molecule is Cc1noc(CCCC(=O)N2C[C@H](C)[C@@H](N3CCOCC3)C2)n1. The van der Waals surface area contributed by atoms with Crippen molar-refractivity contribution in [3.05, 3.63) is 11.7 Å². The van der Waals surface area contributed by atoms with E-state index in [-0.39, 0.29) is 5.91 Å². The van der Waals surface area contributed by atoms with Crippen LogP contribution >= 0.6 is 0 Å². The Labute approximate surface area is 137 Å². The van der Waals surface area contributed by atoms with Crippen LogP contribution in [-0.4, -0.2) is 71.3 Å². The molecule has 3 heterocycles. The predicted octanol–water partition coefficient (Wildman–Crippen LogP) is 0.880.